The fourth-order valence-corrected chi connectivity index (χ4v) is 3.11. The van der Waals surface area contributed by atoms with Gasteiger partial charge in [-0.05, 0) is 25.0 Å². The van der Waals surface area contributed by atoms with E-state index in [4.69, 9.17) is 9.47 Å². The molecule has 3 rings (SSSR count). The smallest absolute Gasteiger partial charge is 0.170 e. The lowest BCUT2D eigenvalue weighted by Crippen LogP contribution is -2.32. The fraction of sp³-hybridized carbons (Fsp3) is 0.600. The first-order chi connectivity index (χ1) is 9.20. The van der Waals surface area contributed by atoms with Gasteiger partial charge in [0.2, 0.25) is 0 Å². The normalized spacial score (nSPS) is 22.7. The third-order valence-electron chi connectivity index (χ3n) is 4.07. The number of halogens is 1. The Morgan fingerprint density at radius 3 is 2.68 bits per heavy atom. The maximum atomic E-state index is 14.0. The van der Waals surface area contributed by atoms with E-state index in [-0.39, 0.29) is 5.82 Å². The summed E-state index contributed by atoms with van der Waals surface area (Å²) >= 11 is 0. The summed E-state index contributed by atoms with van der Waals surface area (Å²) in [5.41, 5.74) is 1.72. The molecule has 0 atom stereocenters. The van der Waals surface area contributed by atoms with Gasteiger partial charge in [0.15, 0.2) is 5.79 Å². The number of anilines is 1. The van der Waals surface area contributed by atoms with Crippen LogP contribution in [0.2, 0.25) is 0 Å². The van der Waals surface area contributed by atoms with E-state index in [1.54, 1.807) is 6.07 Å². The maximum Gasteiger partial charge on any atom is 0.170 e. The van der Waals surface area contributed by atoms with E-state index in [9.17, 15) is 4.39 Å². The molecule has 3 nitrogen and oxygen atoms in total. The van der Waals surface area contributed by atoms with Crippen molar-refractivity contribution >= 4 is 5.69 Å². The molecule has 104 valence electrons. The summed E-state index contributed by atoms with van der Waals surface area (Å²) < 4.78 is 25.6. The molecule has 0 saturated carbocycles. The van der Waals surface area contributed by atoms with E-state index in [0.29, 0.717) is 13.2 Å². The van der Waals surface area contributed by atoms with Gasteiger partial charge in [0.05, 0.1) is 18.9 Å². The highest BCUT2D eigenvalue weighted by molar-refractivity contribution is 5.54. The van der Waals surface area contributed by atoms with Crippen molar-refractivity contribution in [3.8, 4) is 0 Å². The van der Waals surface area contributed by atoms with Crippen molar-refractivity contribution in [1.82, 2.24) is 0 Å². The Labute approximate surface area is 113 Å². The summed E-state index contributed by atoms with van der Waals surface area (Å²) in [6, 6.07) is 5.25. The molecule has 2 heterocycles. The average molecular weight is 265 g/mol. The SMILES string of the molecule is Cc1cccc(F)c1N1CCCC2(CC1)OCCO2. The van der Waals surface area contributed by atoms with Crippen LogP contribution in [0, 0.1) is 12.7 Å². The molecule has 2 aliphatic rings. The van der Waals surface area contributed by atoms with E-state index in [0.717, 1.165) is 43.6 Å². The van der Waals surface area contributed by atoms with E-state index in [1.807, 2.05) is 13.0 Å². The standard InChI is InChI=1S/C15H20FNO2/c1-12-4-2-5-13(16)14(12)17-8-3-6-15(7-9-17)18-10-11-19-15/h2,4-5H,3,6-11H2,1H3. The number of nitrogens with zero attached hydrogens (tertiary/aromatic N) is 1. The van der Waals surface area contributed by atoms with Crippen LogP contribution < -0.4 is 4.90 Å². The van der Waals surface area contributed by atoms with Gasteiger partial charge in [0.1, 0.15) is 5.82 Å². The minimum Gasteiger partial charge on any atom is -0.369 e. The van der Waals surface area contributed by atoms with E-state index < -0.39 is 5.79 Å². The fourth-order valence-electron chi connectivity index (χ4n) is 3.11. The molecule has 4 heteroatoms. The van der Waals surface area contributed by atoms with Crippen LogP contribution in [0.3, 0.4) is 0 Å². The van der Waals surface area contributed by atoms with Crippen molar-refractivity contribution in [2.45, 2.75) is 32.0 Å². The summed E-state index contributed by atoms with van der Waals surface area (Å²) in [5.74, 6) is -0.544. The minimum atomic E-state index is -0.409. The van der Waals surface area contributed by atoms with E-state index in [2.05, 4.69) is 4.90 Å². The Morgan fingerprint density at radius 2 is 1.95 bits per heavy atom. The molecule has 1 aromatic carbocycles. The second-order valence-corrected chi connectivity index (χ2v) is 5.35. The number of para-hydroxylation sites is 1. The number of benzene rings is 1. The lowest BCUT2D eigenvalue weighted by atomic mass is 10.1. The van der Waals surface area contributed by atoms with Crippen molar-refractivity contribution in [1.29, 1.82) is 0 Å². The molecule has 2 fully saturated rings. The van der Waals surface area contributed by atoms with Gasteiger partial charge in [-0.2, -0.15) is 0 Å². The largest absolute Gasteiger partial charge is 0.369 e. The van der Waals surface area contributed by atoms with Crippen molar-refractivity contribution in [3.05, 3.63) is 29.6 Å². The van der Waals surface area contributed by atoms with Gasteiger partial charge in [-0.15, -0.1) is 0 Å². The van der Waals surface area contributed by atoms with Crippen LogP contribution in [0.1, 0.15) is 24.8 Å². The van der Waals surface area contributed by atoms with Crippen molar-refractivity contribution in [3.63, 3.8) is 0 Å². The Bertz CT molecular complexity index is 437. The second kappa shape index (κ2) is 5.10. The monoisotopic (exact) mass is 265 g/mol. The number of ether oxygens (including phenoxy) is 2. The van der Waals surface area contributed by atoms with Crippen LogP contribution in [-0.4, -0.2) is 32.1 Å². The molecule has 0 unspecified atom stereocenters. The molecule has 0 radical (unpaired) electrons. The second-order valence-electron chi connectivity index (χ2n) is 5.35. The lowest BCUT2D eigenvalue weighted by molar-refractivity contribution is -0.162. The lowest BCUT2D eigenvalue weighted by Gasteiger charge is -2.27. The minimum absolute atomic E-state index is 0.135. The molecule has 0 aliphatic carbocycles. The van der Waals surface area contributed by atoms with Crippen molar-refractivity contribution < 1.29 is 13.9 Å². The van der Waals surface area contributed by atoms with Gasteiger partial charge in [0.25, 0.3) is 0 Å². The van der Waals surface area contributed by atoms with Crippen molar-refractivity contribution in [2.75, 3.05) is 31.2 Å². The maximum absolute atomic E-state index is 14.0. The molecule has 0 amide bonds. The first kappa shape index (κ1) is 12.9. The highest BCUT2D eigenvalue weighted by atomic mass is 19.1. The van der Waals surface area contributed by atoms with Gasteiger partial charge < -0.3 is 14.4 Å². The predicted octanol–water partition coefficient (Wildman–Crippen LogP) is 2.87. The summed E-state index contributed by atoms with van der Waals surface area (Å²) in [7, 11) is 0. The Balaban J connectivity index is 1.80. The molecule has 0 N–H and O–H groups in total. The summed E-state index contributed by atoms with van der Waals surface area (Å²) in [5, 5.41) is 0. The molecule has 1 spiro atoms. The number of hydrogen-bond acceptors (Lipinski definition) is 3. The number of aryl methyl sites for hydroxylation is 1. The van der Waals surface area contributed by atoms with E-state index >= 15 is 0 Å². The van der Waals surface area contributed by atoms with Crippen molar-refractivity contribution in [2.24, 2.45) is 0 Å². The summed E-state index contributed by atoms with van der Waals surface area (Å²) in [6.07, 6.45) is 2.67. The quantitative estimate of drug-likeness (QED) is 0.779. The van der Waals surface area contributed by atoms with Gasteiger partial charge in [-0.25, -0.2) is 4.39 Å². The zero-order valence-electron chi connectivity index (χ0n) is 11.3. The molecular weight excluding hydrogens is 245 g/mol. The number of rotatable bonds is 1. The highest BCUT2D eigenvalue weighted by Crippen LogP contribution is 2.34. The third-order valence-corrected chi connectivity index (χ3v) is 4.07. The molecule has 2 aliphatic heterocycles. The van der Waals surface area contributed by atoms with Gasteiger partial charge in [0, 0.05) is 25.9 Å². The van der Waals surface area contributed by atoms with Crippen LogP contribution in [0.5, 0.6) is 0 Å². The zero-order chi connectivity index (χ0) is 13.3. The van der Waals surface area contributed by atoms with Gasteiger partial charge in [-0.1, -0.05) is 12.1 Å². The molecular formula is C15H20FNO2. The van der Waals surface area contributed by atoms with E-state index in [1.165, 1.54) is 6.07 Å². The van der Waals surface area contributed by atoms with Gasteiger partial charge in [-0.3, -0.25) is 0 Å². The topological polar surface area (TPSA) is 21.7 Å². The molecule has 19 heavy (non-hydrogen) atoms. The number of hydrogen-bond donors (Lipinski definition) is 0. The first-order valence-corrected chi connectivity index (χ1v) is 6.98. The zero-order valence-corrected chi connectivity index (χ0v) is 11.3. The molecule has 1 aromatic rings. The molecule has 2 saturated heterocycles. The molecule has 0 bridgehead atoms. The van der Waals surface area contributed by atoms with Crippen LogP contribution >= 0.6 is 0 Å². The summed E-state index contributed by atoms with van der Waals surface area (Å²) in [6.45, 7) is 4.96. The summed E-state index contributed by atoms with van der Waals surface area (Å²) in [4.78, 5) is 2.13. The van der Waals surface area contributed by atoms with Crippen LogP contribution in [-0.2, 0) is 9.47 Å². The predicted molar refractivity (Wildman–Crippen MR) is 71.8 cm³/mol. The molecule has 0 aromatic heterocycles. The Morgan fingerprint density at radius 1 is 1.16 bits per heavy atom. The average Bonchev–Trinajstić information content (AvgIpc) is 2.74. The van der Waals surface area contributed by atoms with Crippen LogP contribution in [0.15, 0.2) is 18.2 Å². The van der Waals surface area contributed by atoms with Gasteiger partial charge >= 0.3 is 0 Å². The van der Waals surface area contributed by atoms with Crippen LogP contribution in [0.4, 0.5) is 10.1 Å². The Kier molecular flexibility index (Phi) is 3.46. The first-order valence-electron chi connectivity index (χ1n) is 6.98. The third kappa shape index (κ3) is 2.47. The Hall–Kier alpha value is -1.13. The highest BCUT2D eigenvalue weighted by Gasteiger charge is 2.38. The van der Waals surface area contributed by atoms with Crippen LogP contribution in [0.25, 0.3) is 0 Å².